The van der Waals surface area contributed by atoms with E-state index in [1.54, 1.807) is 0 Å². The standard InChI is InChI=1S/C20H20ClN3O/c1-14-4-2-3-5-15(14)10-20-23-13-24(25-20)9-8-16-12-22-19-7-6-17(21)11-18(16)19/h2-7,11-12,22H,8-10,13H2,1H3. The van der Waals surface area contributed by atoms with Gasteiger partial charge in [0.15, 0.2) is 0 Å². The number of benzene rings is 2. The van der Waals surface area contributed by atoms with Gasteiger partial charge in [-0.25, -0.2) is 4.99 Å². The second kappa shape index (κ2) is 6.90. The van der Waals surface area contributed by atoms with Crippen LogP contribution in [0.4, 0.5) is 0 Å². The number of rotatable bonds is 5. The number of hydroxylamine groups is 2. The molecule has 0 bridgehead atoms. The minimum Gasteiger partial charge on any atom is -0.388 e. The van der Waals surface area contributed by atoms with Crippen molar-refractivity contribution in [2.24, 2.45) is 4.99 Å². The number of hydrogen-bond acceptors (Lipinski definition) is 3. The van der Waals surface area contributed by atoms with Crippen LogP contribution in [0.2, 0.25) is 5.02 Å². The number of fused-ring (bicyclic) bond motifs is 1. The van der Waals surface area contributed by atoms with Crippen LogP contribution in [0.25, 0.3) is 10.9 Å². The number of aromatic nitrogens is 1. The summed E-state index contributed by atoms with van der Waals surface area (Å²) in [5.74, 6) is 0.788. The first-order chi connectivity index (χ1) is 12.2. The second-order valence-electron chi connectivity index (χ2n) is 6.35. The van der Waals surface area contributed by atoms with Gasteiger partial charge in [-0.15, -0.1) is 5.06 Å². The Balaban J connectivity index is 1.36. The van der Waals surface area contributed by atoms with Crippen LogP contribution in [-0.4, -0.2) is 29.2 Å². The monoisotopic (exact) mass is 353 g/mol. The van der Waals surface area contributed by atoms with Crippen molar-refractivity contribution in [3.63, 3.8) is 0 Å². The largest absolute Gasteiger partial charge is 0.388 e. The van der Waals surface area contributed by atoms with Gasteiger partial charge in [-0.2, -0.15) is 0 Å². The van der Waals surface area contributed by atoms with Gasteiger partial charge in [0, 0.05) is 28.7 Å². The lowest BCUT2D eigenvalue weighted by Crippen LogP contribution is -2.24. The molecule has 4 rings (SSSR count). The molecule has 0 fully saturated rings. The van der Waals surface area contributed by atoms with Crippen molar-refractivity contribution in [1.82, 2.24) is 10.0 Å². The molecular formula is C20H20ClN3O. The third-order valence-electron chi connectivity index (χ3n) is 4.60. The summed E-state index contributed by atoms with van der Waals surface area (Å²) in [6.45, 7) is 3.50. The molecule has 0 radical (unpaired) electrons. The summed E-state index contributed by atoms with van der Waals surface area (Å²) in [4.78, 5) is 13.7. The molecule has 128 valence electrons. The molecule has 0 atom stereocenters. The van der Waals surface area contributed by atoms with Crippen molar-refractivity contribution >= 4 is 28.4 Å². The smallest absolute Gasteiger partial charge is 0.215 e. The summed E-state index contributed by atoms with van der Waals surface area (Å²) in [7, 11) is 0. The average molecular weight is 354 g/mol. The third kappa shape index (κ3) is 3.55. The number of hydrogen-bond donors (Lipinski definition) is 1. The van der Waals surface area contributed by atoms with Gasteiger partial charge >= 0.3 is 0 Å². The molecule has 0 unspecified atom stereocenters. The van der Waals surface area contributed by atoms with Gasteiger partial charge in [0.05, 0.1) is 6.42 Å². The van der Waals surface area contributed by atoms with Crippen LogP contribution in [0.15, 0.2) is 53.7 Å². The Morgan fingerprint density at radius 2 is 2.08 bits per heavy atom. The lowest BCUT2D eigenvalue weighted by Gasteiger charge is -2.14. The number of aryl methyl sites for hydroxylation is 1. The van der Waals surface area contributed by atoms with Crippen molar-refractivity contribution < 1.29 is 4.84 Å². The molecule has 0 saturated heterocycles. The lowest BCUT2D eigenvalue weighted by molar-refractivity contribution is -0.0492. The zero-order valence-corrected chi connectivity index (χ0v) is 14.9. The lowest BCUT2D eigenvalue weighted by atomic mass is 10.1. The van der Waals surface area contributed by atoms with E-state index in [9.17, 15) is 0 Å². The summed E-state index contributed by atoms with van der Waals surface area (Å²) in [5, 5.41) is 3.85. The fourth-order valence-corrected chi connectivity index (χ4v) is 3.32. The van der Waals surface area contributed by atoms with E-state index in [-0.39, 0.29) is 0 Å². The molecule has 1 aliphatic rings. The summed E-state index contributed by atoms with van der Waals surface area (Å²) in [5.41, 5.74) is 4.88. The quantitative estimate of drug-likeness (QED) is 0.732. The van der Waals surface area contributed by atoms with Gasteiger partial charge in [0.1, 0.15) is 6.67 Å². The Morgan fingerprint density at radius 3 is 2.96 bits per heavy atom. The first kappa shape index (κ1) is 16.2. The molecule has 3 aromatic rings. The summed E-state index contributed by atoms with van der Waals surface area (Å²) < 4.78 is 0. The molecule has 0 aliphatic carbocycles. The van der Waals surface area contributed by atoms with Crippen molar-refractivity contribution in [1.29, 1.82) is 0 Å². The van der Waals surface area contributed by atoms with E-state index in [1.165, 1.54) is 22.1 Å². The van der Waals surface area contributed by atoms with Crippen LogP contribution < -0.4 is 0 Å². The Labute approximate surface area is 152 Å². The zero-order valence-electron chi connectivity index (χ0n) is 14.1. The Bertz CT molecular complexity index is 932. The molecule has 0 saturated carbocycles. The minimum absolute atomic E-state index is 0.588. The average Bonchev–Trinajstić information content (AvgIpc) is 3.21. The topological polar surface area (TPSA) is 40.6 Å². The van der Waals surface area contributed by atoms with E-state index in [1.807, 2.05) is 29.5 Å². The zero-order chi connectivity index (χ0) is 17.2. The van der Waals surface area contributed by atoms with Gasteiger partial charge in [-0.3, -0.25) is 0 Å². The SMILES string of the molecule is Cc1ccccc1CC1=NCN(CCc2c[nH]c3ccc(Cl)cc23)O1. The van der Waals surface area contributed by atoms with Gasteiger partial charge in [-0.1, -0.05) is 35.9 Å². The number of aromatic amines is 1. The molecule has 0 spiro atoms. The fourth-order valence-electron chi connectivity index (χ4n) is 3.14. The van der Waals surface area contributed by atoms with Crippen LogP contribution in [0.5, 0.6) is 0 Å². The minimum atomic E-state index is 0.588. The van der Waals surface area contributed by atoms with Gasteiger partial charge < -0.3 is 9.82 Å². The third-order valence-corrected chi connectivity index (χ3v) is 4.84. The molecule has 25 heavy (non-hydrogen) atoms. The maximum Gasteiger partial charge on any atom is 0.215 e. The summed E-state index contributed by atoms with van der Waals surface area (Å²) in [6.07, 6.45) is 3.67. The molecule has 0 amide bonds. The van der Waals surface area contributed by atoms with E-state index in [0.717, 1.165) is 35.8 Å². The highest BCUT2D eigenvalue weighted by Crippen LogP contribution is 2.23. The van der Waals surface area contributed by atoms with Crippen molar-refractivity contribution in [2.75, 3.05) is 13.2 Å². The van der Waals surface area contributed by atoms with E-state index < -0.39 is 0 Å². The normalized spacial score (nSPS) is 14.7. The number of H-pyrrole nitrogens is 1. The maximum absolute atomic E-state index is 6.12. The highest BCUT2D eigenvalue weighted by atomic mass is 35.5. The maximum atomic E-state index is 6.12. The molecule has 2 aromatic carbocycles. The van der Waals surface area contributed by atoms with Crippen molar-refractivity contribution in [3.05, 3.63) is 70.4 Å². The highest BCUT2D eigenvalue weighted by Gasteiger charge is 2.18. The molecule has 1 N–H and O–H groups in total. The Kier molecular flexibility index (Phi) is 4.47. The number of halogens is 1. The van der Waals surface area contributed by atoms with Crippen LogP contribution in [-0.2, 0) is 17.7 Å². The van der Waals surface area contributed by atoms with Gasteiger partial charge in [0.25, 0.3) is 0 Å². The Morgan fingerprint density at radius 1 is 1.20 bits per heavy atom. The number of nitrogens with one attached hydrogen (secondary N) is 1. The van der Waals surface area contributed by atoms with Crippen LogP contribution in [0, 0.1) is 6.92 Å². The first-order valence-electron chi connectivity index (χ1n) is 8.45. The van der Waals surface area contributed by atoms with E-state index in [0.29, 0.717) is 6.67 Å². The molecule has 1 aromatic heterocycles. The molecule has 1 aliphatic heterocycles. The molecular weight excluding hydrogens is 334 g/mol. The molecule has 2 heterocycles. The Hall–Kier alpha value is -2.30. The summed E-state index contributed by atoms with van der Waals surface area (Å²) >= 11 is 6.12. The fraction of sp³-hybridized carbons (Fsp3) is 0.250. The predicted octanol–water partition coefficient (Wildman–Crippen LogP) is 4.52. The van der Waals surface area contributed by atoms with Gasteiger partial charge in [0.2, 0.25) is 5.90 Å². The van der Waals surface area contributed by atoms with Crippen LogP contribution >= 0.6 is 11.6 Å². The molecule has 4 nitrogen and oxygen atoms in total. The van der Waals surface area contributed by atoms with Crippen molar-refractivity contribution in [2.45, 2.75) is 19.8 Å². The second-order valence-corrected chi connectivity index (χ2v) is 6.78. The number of nitrogens with zero attached hydrogens (tertiary/aromatic N) is 2. The van der Waals surface area contributed by atoms with Crippen LogP contribution in [0.3, 0.4) is 0 Å². The molecule has 5 heteroatoms. The van der Waals surface area contributed by atoms with E-state index in [4.69, 9.17) is 16.4 Å². The first-order valence-corrected chi connectivity index (χ1v) is 8.83. The predicted molar refractivity (Wildman–Crippen MR) is 102 cm³/mol. The van der Waals surface area contributed by atoms with E-state index in [2.05, 4.69) is 41.2 Å². The van der Waals surface area contributed by atoms with Crippen LogP contribution in [0.1, 0.15) is 16.7 Å². The van der Waals surface area contributed by atoms with Crippen molar-refractivity contribution in [3.8, 4) is 0 Å². The summed E-state index contributed by atoms with van der Waals surface area (Å²) in [6, 6.07) is 14.3. The number of aliphatic imine (C=N–C) groups is 1. The van der Waals surface area contributed by atoms with Gasteiger partial charge in [-0.05, 0) is 48.2 Å². The van der Waals surface area contributed by atoms with E-state index >= 15 is 0 Å². The highest BCUT2D eigenvalue weighted by molar-refractivity contribution is 6.31.